The first kappa shape index (κ1) is 19.9. The Labute approximate surface area is 167 Å². The molecule has 0 atom stereocenters. The number of carbonyl (C=O) groups excluding carboxylic acids is 3. The van der Waals surface area contributed by atoms with Crippen molar-refractivity contribution in [2.75, 3.05) is 0 Å². The molecule has 0 bridgehead atoms. The summed E-state index contributed by atoms with van der Waals surface area (Å²) in [6, 6.07) is 8.56. The van der Waals surface area contributed by atoms with Crippen LogP contribution in [0.4, 0.5) is 4.79 Å². The van der Waals surface area contributed by atoms with Crippen LogP contribution in [-0.4, -0.2) is 23.9 Å². The molecule has 0 saturated carbocycles. The van der Waals surface area contributed by atoms with E-state index in [9.17, 15) is 14.4 Å². The number of hydrogen-bond donors (Lipinski definition) is 4. The molecule has 0 spiro atoms. The lowest BCUT2D eigenvalue weighted by Crippen LogP contribution is -2.41. The molecule has 1 aromatic heterocycles. The van der Waals surface area contributed by atoms with Gasteiger partial charge in [0.1, 0.15) is 0 Å². The van der Waals surface area contributed by atoms with E-state index >= 15 is 0 Å². The molecule has 0 fully saturated rings. The average molecular weight is 401 g/mol. The van der Waals surface area contributed by atoms with Crippen molar-refractivity contribution >= 4 is 29.2 Å². The van der Waals surface area contributed by atoms with Crippen molar-refractivity contribution in [2.24, 2.45) is 0 Å². The molecule has 1 aliphatic rings. The second-order valence-corrected chi connectivity index (χ2v) is 8.14. The normalized spacial score (nSPS) is 12.4. The van der Waals surface area contributed by atoms with Crippen LogP contribution in [0.2, 0.25) is 0 Å². The summed E-state index contributed by atoms with van der Waals surface area (Å²) in [5.74, 6) is -0.695. The number of fused-ring (bicyclic) bond motifs is 1. The molecule has 0 saturated heterocycles. The van der Waals surface area contributed by atoms with Crippen molar-refractivity contribution in [3.8, 4) is 0 Å². The third kappa shape index (κ3) is 5.10. The average Bonchev–Trinajstić information content (AvgIpc) is 3.26. The fraction of sp³-hybridized carbons (Fsp3) is 0.350. The number of nitrogens with one attached hydrogen (secondary N) is 4. The van der Waals surface area contributed by atoms with E-state index in [0.717, 1.165) is 24.8 Å². The first-order chi connectivity index (χ1) is 13.4. The highest BCUT2D eigenvalue weighted by molar-refractivity contribution is 7.14. The largest absolute Gasteiger partial charge is 0.336 e. The summed E-state index contributed by atoms with van der Waals surface area (Å²) < 4.78 is 0. The van der Waals surface area contributed by atoms with Gasteiger partial charge in [-0.05, 0) is 62.4 Å². The van der Waals surface area contributed by atoms with E-state index in [2.05, 4.69) is 21.5 Å². The Balaban J connectivity index is 1.47. The summed E-state index contributed by atoms with van der Waals surface area (Å²) in [5, 5.41) is 5.49. The van der Waals surface area contributed by atoms with Crippen LogP contribution in [0, 0.1) is 0 Å². The molecular formula is C20H24N4O3S. The van der Waals surface area contributed by atoms with Gasteiger partial charge in [-0.2, -0.15) is 0 Å². The number of amides is 4. The van der Waals surface area contributed by atoms with E-state index in [1.807, 2.05) is 19.9 Å². The lowest BCUT2D eigenvalue weighted by atomic mass is 10.1. The SMILES string of the molecule is CC(C)NC(=O)NCc1ccc(C(=O)NNC(=O)c2cc3c(s2)CCC3)cc1. The van der Waals surface area contributed by atoms with Gasteiger partial charge in [0.2, 0.25) is 0 Å². The molecule has 4 amide bonds. The van der Waals surface area contributed by atoms with Crippen molar-refractivity contribution < 1.29 is 14.4 Å². The van der Waals surface area contributed by atoms with Crippen molar-refractivity contribution in [2.45, 2.75) is 45.7 Å². The van der Waals surface area contributed by atoms with Crippen LogP contribution < -0.4 is 21.5 Å². The van der Waals surface area contributed by atoms with Crippen LogP contribution in [0.5, 0.6) is 0 Å². The monoisotopic (exact) mass is 400 g/mol. The first-order valence-corrected chi connectivity index (χ1v) is 10.1. The van der Waals surface area contributed by atoms with Crippen LogP contribution >= 0.6 is 11.3 Å². The highest BCUT2D eigenvalue weighted by atomic mass is 32.1. The van der Waals surface area contributed by atoms with Gasteiger partial charge in [-0.1, -0.05) is 12.1 Å². The summed E-state index contributed by atoms with van der Waals surface area (Å²) in [6.07, 6.45) is 3.19. The number of hydrogen-bond acceptors (Lipinski definition) is 4. The molecule has 7 nitrogen and oxygen atoms in total. The number of rotatable bonds is 5. The van der Waals surface area contributed by atoms with E-state index < -0.39 is 5.91 Å². The molecule has 1 aliphatic carbocycles. The molecule has 28 heavy (non-hydrogen) atoms. The zero-order chi connectivity index (χ0) is 20.1. The van der Waals surface area contributed by atoms with Gasteiger partial charge < -0.3 is 10.6 Å². The summed E-state index contributed by atoms with van der Waals surface area (Å²) in [5.41, 5.74) is 7.44. The molecule has 0 radical (unpaired) electrons. The molecule has 1 aromatic carbocycles. The van der Waals surface area contributed by atoms with Crippen LogP contribution in [0.15, 0.2) is 30.3 Å². The maximum absolute atomic E-state index is 12.2. The Bertz CT molecular complexity index is 853. The predicted octanol–water partition coefficient (Wildman–Crippen LogP) is 2.52. The van der Waals surface area contributed by atoms with Gasteiger partial charge in [0, 0.05) is 23.0 Å². The van der Waals surface area contributed by atoms with E-state index in [4.69, 9.17) is 0 Å². The summed E-state index contributed by atoms with van der Waals surface area (Å²) in [6.45, 7) is 4.13. The second kappa shape index (κ2) is 8.88. The molecule has 8 heteroatoms. The Morgan fingerprint density at radius 1 is 1.04 bits per heavy atom. The van der Waals surface area contributed by atoms with Crippen molar-refractivity contribution in [1.82, 2.24) is 21.5 Å². The lowest BCUT2D eigenvalue weighted by Gasteiger charge is -2.10. The molecular weight excluding hydrogens is 376 g/mol. The minimum atomic E-state index is -0.394. The first-order valence-electron chi connectivity index (χ1n) is 9.28. The molecule has 0 unspecified atom stereocenters. The zero-order valence-corrected chi connectivity index (χ0v) is 16.7. The Morgan fingerprint density at radius 2 is 1.75 bits per heavy atom. The molecule has 0 aliphatic heterocycles. The fourth-order valence-corrected chi connectivity index (χ4v) is 4.11. The topological polar surface area (TPSA) is 99.3 Å². The van der Waals surface area contributed by atoms with E-state index in [1.54, 1.807) is 24.3 Å². The molecule has 2 aromatic rings. The standard InChI is InChI=1S/C20H24N4O3S/c1-12(2)22-20(27)21-11-13-6-8-14(9-7-13)18(25)23-24-19(26)17-10-15-4-3-5-16(15)28-17/h6-10,12H,3-5,11H2,1-2H3,(H,23,25)(H,24,26)(H2,21,22,27). The van der Waals surface area contributed by atoms with Gasteiger partial charge in [-0.3, -0.25) is 20.4 Å². The molecule has 1 heterocycles. The molecule has 148 valence electrons. The van der Waals surface area contributed by atoms with Crippen molar-refractivity contribution in [3.63, 3.8) is 0 Å². The smallest absolute Gasteiger partial charge is 0.315 e. The second-order valence-electron chi connectivity index (χ2n) is 7.00. The van der Waals surface area contributed by atoms with Gasteiger partial charge in [0.05, 0.1) is 4.88 Å². The third-order valence-electron chi connectivity index (χ3n) is 4.35. The van der Waals surface area contributed by atoms with Crippen LogP contribution in [0.3, 0.4) is 0 Å². The van der Waals surface area contributed by atoms with Crippen LogP contribution in [0.1, 0.15) is 56.3 Å². The highest BCUT2D eigenvalue weighted by Crippen LogP contribution is 2.30. The van der Waals surface area contributed by atoms with Gasteiger partial charge >= 0.3 is 6.03 Å². The predicted molar refractivity (Wildman–Crippen MR) is 108 cm³/mol. The van der Waals surface area contributed by atoms with Crippen molar-refractivity contribution in [3.05, 3.63) is 56.8 Å². The highest BCUT2D eigenvalue weighted by Gasteiger charge is 2.18. The number of thiophene rings is 1. The number of aryl methyl sites for hydroxylation is 2. The summed E-state index contributed by atoms with van der Waals surface area (Å²) in [7, 11) is 0. The number of benzene rings is 1. The maximum Gasteiger partial charge on any atom is 0.315 e. The number of urea groups is 1. The van der Waals surface area contributed by atoms with Crippen LogP contribution in [-0.2, 0) is 19.4 Å². The van der Waals surface area contributed by atoms with Crippen LogP contribution in [0.25, 0.3) is 0 Å². The van der Waals surface area contributed by atoms with Gasteiger partial charge in [0.25, 0.3) is 11.8 Å². The fourth-order valence-electron chi connectivity index (χ4n) is 2.96. The lowest BCUT2D eigenvalue weighted by molar-refractivity contribution is 0.0849. The number of carbonyl (C=O) groups is 3. The summed E-state index contributed by atoms with van der Waals surface area (Å²) in [4.78, 5) is 37.9. The third-order valence-corrected chi connectivity index (χ3v) is 5.58. The van der Waals surface area contributed by atoms with Gasteiger partial charge in [-0.15, -0.1) is 11.3 Å². The van der Waals surface area contributed by atoms with E-state index in [-0.39, 0.29) is 18.0 Å². The molecule has 4 N–H and O–H groups in total. The van der Waals surface area contributed by atoms with Crippen molar-refractivity contribution in [1.29, 1.82) is 0 Å². The Hall–Kier alpha value is -2.87. The molecule has 3 rings (SSSR count). The Morgan fingerprint density at radius 3 is 2.43 bits per heavy atom. The zero-order valence-electron chi connectivity index (χ0n) is 15.9. The van der Waals surface area contributed by atoms with Gasteiger partial charge in [-0.25, -0.2) is 4.79 Å². The summed E-state index contributed by atoms with van der Waals surface area (Å²) >= 11 is 1.49. The minimum absolute atomic E-state index is 0.0662. The Kier molecular flexibility index (Phi) is 6.30. The minimum Gasteiger partial charge on any atom is -0.336 e. The quantitative estimate of drug-likeness (QED) is 0.580. The van der Waals surface area contributed by atoms with Gasteiger partial charge in [0.15, 0.2) is 0 Å². The number of hydrazine groups is 1. The maximum atomic E-state index is 12.2. The van der Waals surface area contributed by atoms with E-state index in [0.29, 0.717) is 17.0 Å². The van der Waals surface area contributed by atoms with E-state index in [1.165, 1.54) is 21.8 Å².